The number of nitrogens with one attached hydrogen (secondary N) is 1. The minimum Gasteiger partial charge on any atom is -0.393 e. The lowest BCUT2D eigenvalue weighted by Gasteiger charge is -2.38. The van der Waals surface area contributed by atoms with Gasteiger partial charge in [0.25, 0.3) is 5.91 Å². The molecule has 3 rings (SSSR count). The van der Waals surface area contributed by atoms with E-state index >= 15 is 0 Å². The summed E-state index contributed by atoms with van der Waals surface area (Å²) in [4.78, 5) is 12.3. The molecule has 1 fully saturated rings. The quantitative estimate of drug-likeness (QED) is 0.910. The standard InChI is InChI=1S/C18H17F2NO2/c19-15-8-4-7-14(16(15)20)18(23)21-17(12-9-13(22)10-12)11-5-2-1-3-6-11/h1-8,12-13,17,22H,9-10H2,(H,21,23)/t12?,13?,17-/m1/s1. The molecule has 0 radical (unpaired) electrons. The van der Waals surface area contributed by atoms with Gasteiger partial charge in [-0.1, -0.05) is 36.4 Å². The Bertz CT molecular complexity index is 699. The van der Waals surface area contributed by atoms with Crippen molar-refractivity contribution in [3.05, 3.63) is 71.3 Å². The van der Waals surface area contributed by atoms with E-state index in [0.717, 1.165) is 11.6 Å². The Morgan fingerprint density at radius 1 is 1.09 bits per heavy atom. The van der Waals surface area contributed by atoms with Crippen LogP contribution in [-0.2, 0) is 0 Å². The molecule has 23 heavy (non-hydrogen) atoms. The summed E-state index contributed by atoms with van der Waals surface area (Å²) in [6.45, 7) is 0. The van der Waals surface area contributed by atoms with E-state index in [1.165, 1.54) is 12.1 Å². The molecule has 2 aromatic rings. The lowest BCUT2D eigenvalue weighted by molar-refractivity contribution is 0.0234. The second-order valence-electron chi connectivity index (χ2n) is 5.85. The zero-order chi connectivity index (χ0) is 16.4. The number of rotatable bonds is 4. The van der Waals surface area contributed by atoms with Crippen LogP contribution in [0.4, 0.5) is 8.78 Å². The topological polar surface area (TPSA) is 49.3 Å². The van der Waals surface area contributed by atoms with Crippen LogP contribution in [0.3, 0.4) is 0 Å². The Morgan fingerprint density at radius 2 is 1.78 bits per heavy atom. The van der Waals surface area contributed by atoms with Gasteiger partial charge in [0.05, 0.1) is 17.7 Å². The summed E-state index contributed by atoms with van der Waals surface area (Å²) in [6.07, 6.45) is 0.783. The van der Waals surface area contributed by atoms with Crippen molar-refractivity contribution >= 4 is 5.91 Å². The summed E-state index contributed by atoms with van der Waals surface area (Å²) in [6, 6.07) is 12.5. The molecule has 1 saturated carbocycles. The highest BCUT2D eigenvalue weighted by Crippen LogP contribution is 2.38. The number of amides is 1. The van der Waals surface area contributed by atoms with Crippen molar-refractivity contribution in [3.8, 4) is 0 Å². The number of aliphatic hydroxyl groups is 1. The second kappa shape index (κ2) is 6.46. The molecule has 1 amide bonds. The molecule has 2 aromatic carbocycles. The first-order chi connectivity index (χ1) is 11.1. The summed E-state index contributed by atoms with van der Waals surface area (Å²) in [5.74, 6) is -2.77. The zero-order valence-electron chi connectivity index (χ0n) is 12.4. The number of carbonyl (C=O) groups excluding carboxylic acids is 1. The Hall–Kier alpha value is -2.27. The number of benzene rings is 2. The number of hydrogen-bond acceptors (Lipinski definition) is 2. The highest BCUT2D eigenvalue weighted by molar-refractivity contribution is 5.94. The highest BCUT2D eigenvalue weighted by Gasteiger charge is 2.36. The molecule has 2 N–H and O–H groups in total. The molecular formula is C18H17F2NO2. The van der Waals surface area contributed by atoms with Gasteiger partial charge in [0.1, 0.15) is 0 Å². The molecule has 1 aliphatic rings. The Balaban J connectivity index is 1.84. The molecule has 120 valence electrons. The summed E-state index contributed by atoms with van der Waals surface area (Å²) in [7, 11) is 0. The SMILES string of the molecule is O=C(N[C@H](c1ccccc1)C1CC(O)C1)c1cccc(F)c1F. The maximum absolute atomic E-state index is 13.8. The molecule has 0 spiro atoms. The van der Waals surface area contributed by atoms with Gasteiger partial charge in [-0.2, -0.15) is 0 Å². The normalized spacial score (nSPS) is 21.3. The van der Waals surface area contributed by atoms with Crippen molar-refractivity contribution in [2.45, 2.75) is 25.0 Å². The lowest BCUT2D eigenvalue weighted by atomic mass is 9.75. The Morgan fingerprint density at radius 3 is 2.43 bits per heavy atom. The maximum atomic E-state index is 13.8. The fraction of sp³-hybridized carbons (Fsp3) is 0.278. The average Bonchev–Trinajstić information content (AvgIpc) is 2.53. The Kier molecular flexibility index (Phi) is 4.39. The van der Waals surface area contributed by atoms with E-state index < -0.39 is 17.5 Å². The van der Waals surface area contributed by atoms with Crippen LogP contribution in [0.5, 0.6) is 0 Å². The van der Waals surface area contributed by atoms with E-state index in [1.807, 2.05) is 30.3 Å². The van der Waals surface area contributed by atoms with Crippen LogP contribution in [0, 0.1) is 17.6 Å². The molecule has 1 aliphatic carbocycles. The number of carbonyl (C=O) groups is 1. The molecular weight excluding hydrogens is 300 g/mol. The van der Waals surface area contributed by atoms with Crippen molar-refractivity contribution in [1.82, 2.24) is 5.32 Å². The first kappa shape index (κ1) is 15.6. The van der Waals surface area contributed by atoms with Crippen LogP contribution >= 0.6 is 0 Å². The van der Waals surface area contributed by atoms with E-state index in [4.69, 9.17) is 0 Å². The molecule has 3 nitrogen and oxygen atoms in total. The summed E-state index contributed by atoms with van der Waals surface area (Å²) in [5, 5.41) is 12.3. The van der Waals surface area contributed by atoms with Gasteiger partial charge in [-0.3, -0.25) is 4.79 Å². The van der Waals surface area contributed by atoms with E-state index in [1.54, 1.807) is 0 Å². The maximum Gasteiger partial charge on any atom is 0.254 e. The van der Waals surface area contributed by atoms with Crippen molar-refractivity contribution in [2.24, 2.45) is 5.92 Å². The fourth-order valence-corrected chi connectivity index (χ4v) is 2.93. The van der Waals surface area contributed by atoms with E-state index in [0.29, 0.717) is 12.8 Å². The van der Waals surface area contributed by atoms with Crippen LogP contribution in [0.1, 0.15) is 34.8 Å². The van der Waals surface area contributed by atoms with E-state index in [9.17, 15) is 18.7 Å². The van der Waals surface area contributed by atoms with Crippen LogP contribution in [0.2, 0.25) is 0 Å². The van der Waals surface area contributed by atoms with Crippen LogP contribution in [0.25, 0.3) is 0 Å². The predicted octanol–water partition coefficient (Wildman–Crippen LogP) is 3.21. The van der Waals surface area contributed by atoms with Gasteiger partial charge in [-0.25, -0.2) is 8.78 Å². The van der Waals surface area contributed by atoms with E-state index in [-0.39, 0.29) is 23.6 Å². The van der Waals surface area contributed by atoms with Crippen molar-refractivity contribution in [3.63, 3.8) is 0 Å². The first-order valence-electron chi connectivity index (χ1n) is 7.54. The minimum atomic E-state index is -1.15. The second-order valence-corrected chi connectivity index (χ2v) is 5.85. The minimum absolute atomic E-state index is 0.0768. The van der Waals surface area contributed by atoms with Gasteiger partial charge >= 0.3 is 0 Å². The third-order valence-corrected chi connectivity index (χ3v) is 4.26. The van der Waals surface area contributed by atoms with Gasteiger partial charge < -0.3 is 10.4 Å². The zero-order valence-corrected chi connectivity index (χ0v) is 12.4. The number of halogens is 2. The van der Waals surface area contributed by atoms with Crippen LogP contribution in [-0.4, -0.2) is 17.1 Å². The highest BCUT2D eigenvalue weighted by atomic mass is 19.2. The largest absolute Gasteiger partial charge is 0.393 e. The van der Waals surface area contributed by atoms with E-state index in [2.05, 4.69) is 5.32 Å². The molecule has 0 aliphatic heterocycles. The third kappa shape index (κ3) is 3.24. The molecule has 5 heteroatoms. The van der Waals surface area contributed by atoms with Gasteiger partial charge in [0.2, 0.25) is 0 Å². The summed E-state index contributed by atoms with van der Waals surface area (Å²) in [5.41, 5.74) is 0.570. The Labute approximate surface area is 133 Å². The molecule has 0 bridgehead atoms. The molecule has 0 heterocycles. The number of hydrogen-bond donors (Lipinski definition) is 2. The van der Waals surface area contributed by atoms with Gasteiger partial charge in [-0.05, 0) is 36.5 Å². The summed E-state index contributed by atoms with van der Waals surface area (Å²) >= 11 is 0. The monoisotopic (exact) mass is 317 g/mol. The number of aliphatic hydroxyl groups excluding tert-OH is 1. The molecule has 0 saturated heterocycles. The molecule has 0 unspecified atom stereocenters. The van der Waals surface area contributed by atoms with Gasteiger partial charge in [-0.15, -0.1) is 0 Å². The third-order valence-electron chi connectivity index (χ3n) is 4.26. The molecule has 0 aromatic heterocycles. The molecule has 1 atom stereocenters. The summed E-state index contributed by atoms with van der Waals surface area (Å²) < 4.78 is 27.1. The fourth-order valence-electron chi connectivity index (χ4n) is 2.93. The predicted molar refractivity (Wildman–Crippen MR) is 81.7 cm³/mol. The lowest BCUT2D eigenvalue weighted by Crippen LogP contribution is -2.41. The van der Waals surface area contributed by atoms with Crippen molar-refractivity contribution in [1.29, 1.82) is 0 Å². The van der Waals surface area contributed by atoms with Gasteiger partial charge in [0.15, 0.2) is 11.6 Å². The van der Waals surface area contributed by atoms with Crippen molar-refractivity contribution in [2.75, 3.05) is 0 Å². The van der Waals surface area contributed by atoms with Crippen molar-refractivity contribution < 1.29 is 18.7 Å². The average molecular weight is 317 g/mol. The smallest absolute Gasteiger partial charge is 0.254 e. The van der Waals surface area contributed by atoms with Crippen LogP contribution < -0.4 is 5.32 Å². The van der Waals surface area contributed by atoms with Gasteiger partial charge in [0, 0.05) is 0 Å². The van der Waals surface area contributed by atoms with Crippen LogP contribution in [0.15, 0.2) is 48.5 Å². The first-order valence-corrected chi connectivity index (χ1v) is 7.54.